The van der Waals surface area contributed by atoms with Crippen LogP contribution < -0.4 is 37.6 Å². The van der Waals surface area contributed by atoms with Crippen molar-refractivity contribution in [3.05, 3.63) is 0 Å². The van der Waals surface area contributed by atoms with E-state index in [1.807, 2.05) is 10.6 Å². The number of amides is 6. The van der Waals surface area contributed by atoms with Gasteiger partial charge in [0.25, 0.3) is 0 Å². The standard InChI is InChI=1S/C19H31N7O12/c20-9(7-27)17(35)24-5-14(31)22-3-12(29)21-4-13(30)23-6-15(32)25-11(8-28)18(36)26-10(19(37)38)1-2-16(33)34/h9-11,27-28H,1-8,20H2,(H,21,29)(H,22,31)(H,23,30)(H,24,35)(H,25,32)(H,26,36)(H,33,34)(H,37,38)/t9-,10-,11-/m0/s1. The lowest BCUT2D eigenvalue weighted by Crippen LogP contribution is -2.54. The Morgan fingerprint density at radius 3 is 1.50 bits per heavy atom. The number of rotatable bonds is 18. The number of nitrogens with one attached hydrogen (secondary N) is 6. The second-order valence-corrected chi connectivity index (χ2v) is 7.47. The van der Waals surface area contributed by atoms with Crippen molar-refractivity contribution in [2.24, 2.45) is 5.73 Å². The molecule has 19 heteroatoms. The van der Waals surface area contributed by atoms with Gasteiger partial charge >= 0.3 is 11.9 Å². The maximum atomic E-state index is 12.1. The average Bonchev–Trinajstić information content (AvgIpc) is 2.87. The highest BCUT2D eigenvalue weighted by Gasteiger charge is 2.26. The predicted molar refractivity (Wildman–Crippen MR) is 123 cm³/mol. The lowest BCUT2D eigenvalue weighted by atomic mass is 10.1. The van der Waals surface area contributed by atoms with Gasteiger partial charge in [-0.1, -0.05) is 0 Å². The van der Waals surface area contributed by atoms with Gasteiger partial charge in [-0.2, -0.15) is 0 Å². The van der Waals surface area contributed by atoms with Crippen LogP contribution in [0.4, 0.5) is 0 Å². The number of carbonyl (C=O) groups excluding carboxylic acids is 6. The molecule has 0 fully saturated rings. The first-order valence-electron chi connectivity index (χ1n) is 10.9. The highest BCUT2D eigenvalue weighted by molar-refractivity contribution is 5.93. The molecule has 0 aromatic carbocycles. The molecule has 0 aliphatic carbocycles. The smallest absolute Gasteiger partial charge is 0.326 e. The lowest BCUT2D eigenvalue weighted by Gasteiger charge is -2.19. The van der Waals surface area contributed by atoms with Crippen LogP contribution in [0.2, 0.25) is 0 Å². The first-order chi connectivity index (χ1) is 17.8. The van der Waals surface area contributed by atoms with Gasteiger partial charge in [0, 0.05) is 6.42 Å². The zero-order chi connectivity index (χ0) is 29.3. The summed E-state index contributed by atoms with van der Waals surface area (Å²) >= 11 is 0. The molecule has 0 bridgehead atoms. The van der Waals surface area contributed by atoms with Crippen molar-refractivity contribution in [1.82, 2.24) is 31.9 Å². The van der Waals surface area contributed by atoms with E-state index in [-0.39, 0.29) is 0 Å². The largest absolute Gasteiger partial charge is 0.481 e. The molecule has 0 saturated carbocycles. The normalized spacial score (nSPS) is 12.6. The van der Waals surface area contributed by atoms with Gasteiger partial charge in [-0.25, -0.2) is 4.79 Å². The van der Waals surface area contributed by atoms with Crippen molar-refractivity contribution < 1.29 is 58.8 Å². The van der Waals surface area contributed by atoms with Gasteiger partial charge in [0.15, 0.2) is 0 Å². The molecule has 6 amide bonds. The number of aliphatic hydroxyl groups is 2. The van der Waals surface area contributed by atoms with E-state index in [4.69, 9.17) is 21.1 Å². The minimum absolute atomic E-state index is 0.441. The topological polar surface area (TPSA) is 316 Å². The molecule has 0 aliphatic rings. The molecule has 214 valence electrons. The second-order valence-electron chi connectivity index (χ2n) is 7.47. The molecule has 0 aromatic rings. The predicted octanol–water partition coefficient (Wildman–Crippen LogP) is -7.32. The number of carboxylic acid groups (broad SMARTS) is 2. The summed E-state index contributed by atoms with van der Waals surface area (Å²) in [6.45, 7) is -3.91. The highest BCUT2D eigenvalue weighted by Crippen LogP contribution is 1.99. The number of carbonyl (C=O) groups is 8. The SMILES string of the molecule is N[C@@H](CO)C(=O)NCC(=O)NCC(=O)NCC(=O)NCC(=O)N[C@@H](CO)C(=O)N[C@@H](CCC(=O)O)C(=O)O. The van der Waals surface area contributed by atoms with Crippen molar-refractivity contribution in [2.45, 2.75) is 31.0 Å². The van der Waals surface area contributed by atoms with E-state index in [0.717, 1.165) is 0 Å². The number of hydrogen-bond donors (Lipinski definition) is 11. The number of carboxylic acids is 2. The quantitative estimate of drug-likeness (QED) is 0.0757. The minimum Gasteiger partial charge on any atom is -0.481 e. The van der Waals surface area contributed by atoms with Crippen LogP contribution in [-0.4, -0.2) is 125 Å². The molecular weight excluding hydrogens is 518 g/mol. The summed E-state index contributed by atoms with van der Waals surface area (Å²) in [5.41, 5.74) is 5.24. The molecule has 3 atom stereocenters. The molecular formula is C19H31N7O12. The average molecular weight is 549 g/mol. The Morgan fingerprint density at radius 1 is 0.605 bits per heavy atom. The third-order valence-electron chi connectivity index (χ3n) is 4.39. The Balaban J connectivity index is 4.37. The van der Waals surface area contributed by atoms with Gasteiger partial charge in [-0.3, -0.25) is 33.6 Å². The van der Waals surface area contributed by atoms with Crippen molar-refractivity contribution >= 4 is 47.4 Å². The van der Waals surface area contributed by atoms with Crippen molar-refractivity contribution in [1.29, 1.82) is 0 Å². The summed E-state index contributed by atoms with van der Waals surface area (Å²) in [6.07, 6.45) is -0.995. The van der Waals surface area contributed by atoms with Crippen LogP contribution in [0.5, 0.6) is 0 Å². The summed E-state index contributed by atoms with van der Waals surface area (Å²) in [7, 11) is 0. The van der Waals surface area contributed by atoms with E-state index in [1.54, 1.807) is 0 Å². The third kappa shape index (κ3) is 14.9. The first kappa shape index (κ1) is 33.6. The van der Waals surface area contributed by atoms with Gasteiger partial charge in [-0.15, -0.1) is 0 Å². The van der Waals surface area contributed by atoms with E-state index >= 15 is 0 Å². The fraction of sp³-hybridized carbons (Fsp3) is 0.579. The Kier molecular flexibility index (Phi) is 15.9. The molecule has 0 saturated heterocycles. The Labute approximate surface area is 214 Å². The summed E-state index contributed by atoms with van der Waals surface area (Å²) in [6, 6.07) is -4.39. The van der Waals surface area contributed by atoms with E-state index in [9.17, 15) is 43.5 Å². The number of aliphatic hydroxyl groups excluding tert-OH is 2. The minimum atomic E-state index is -1.60. The molecule has 0 heterocycles. The lowest BCUT2D eigenvalue weighted by molar-refractivity contribution is -0.143. The van der Waals surface area contributed by atoms with Crippen LogP contribution in [0.25, 0.3) is 0 Å². The number of aliphatic carboxylic acids is 2. The summed E-state index contributed by atoms with van der Waals surface area (Å²) < 4.78 is 0. The van der Waals surface area contributed by atoms with Crippen LogP contribution in [0, 0.1) is 0 Å². The summed E-state index contributed by atoms with van der Waals surface area (Å²) in [5, 5.41) is 48.3. The third-order valence-corrected chi connectivity index (χ3v) is 4.39. The Morgan fingerprint density at radius 2 is 1.08 bits per heavy atom. The second kappa shape index (κ2) is 18.0. The first-order valence-corrected chi connectivity index (χ1v) is 10.9. The van der Waals surface area contributed by atoms with Crippen LogP contribution in [0.3, 0.4) is 0 Å². The van der Waals surface area contributed by atoms with E-state index in [0.29, 0.717) is 0 Å². The fourth-order valence-electron chi connectivity index (χ4n) is 2.34. The Bertz CT molecular complexity index is 897. The van der Waals surface area contributed by atoms with Gasteiger partial charge in [0.2, 0.25) is 35.4 Å². The van der Waals surface area contributed by atoms with Crippen LogP contribution in [0.1, 0.15) is 12.8 Å². The highest BCUT2D eigenvalue weighted by atomic mass is 16.4. The Hall–Kier alpha value is -4.36. The van der Waals surface area contributed by atoms with Gasteiger partial charge in [-0.05, 0) is 6.42 Å². The molecule has 38 heavy (non-hydrogen) atoms. The zero-order valence-electron chi connectivity index (χ0n) is 20.0. The molecule has 19 nitrogen and oxygen atoms in total. The maximum Gasteiger partial charge on any atom is 0.326 e. The molecule has 0 aliphatic heterocycles. The zero-order valence-corrected chi connectivity index (χ0v) is 20.0. The molecule has 0 aromatic heterocycles. The fourth-order valence-corrected chi connectivity index (χ4v) is 2.34. The number of hydrogen-bond acceptors (Lipinski definition) is 11. The molecule has 0 unspecified atom stereocenters. The van der Waals surface area contributed by atoms with Gasteiger partial charge in [0.05, 0.1) is 39.4 Å². The van der Waals surface area contributed by atoms with E-state index < -0.39 is 118 Å². The monoisotopic (exact) mass is 549 g/mol. The molecule has 0 radical (unpaired) electrons. The van der Waals surface area contributed by atoms with Crippen molar-refractivity contribution in [2.75, 3.05) is 39.4 Å². The molecule has 0 rings (SSSR count). The van der Waals surface area contributed by atoms with Gasteiger partial charge < -0.3 is 58.1 Å². The molecule has 12 N–H and O–H groups in total. The number of nitrogens with two attached hydrogens (primary N) is 1. The van der Waals surface area contributed by atoms with E-state index in [1.165, 1.54) is 0 Å². The van der Waals surface area contributed by atoms with Crippen LogP contribution in [-0.2, 0) is 38.4 Å². The summed E-state index contributed by atoms with van der Waals surface area (Å²) in [4.78, 5) is 92.2. The van der Waals surface area contributed by atoms with Crippen molar-refractivity contribution in [3.63, 3.8) is 0 Å². The van der Waals surface area contributed by atoms with E-state index in [2.05, 4.69) is 21.3 Å². The molecule has 0 spiro atoms. The van der Waals surface area contributed by atoms with Crippen LogP contribution >= 0.6 is 0 Å². The summed E-state index contributed by atoms with van der Waals surface area (Å²) in [5.74, 6) is -8.02. The maximum absolute atomic E-state index is 12.1. The van der Waals surface area contributed by atoms with Gasteiger partial charge in [0.1, 0.15) is 18.1 Å². The van der Waals surface area contributed by atoms with Crippen molar-refractivity contribution in [3.8, 4) is 0 Å². The van der Waals surface area contributed by atoms with Crippen LogP contribution in [0.15, 0.2) is 0 Å².